The lowest BCUT2D eigenvalue weighted by molar-refractivity contribution is -0.189. The molecule has 0 unspecified atom stereocenters. The number of esters is 1. The summed E-state index contributed by atoms with van der Waals surface area (Å²) in [5.74, 6) is 0.859. The van der Waals surface area contributed by atoms with Crippen molar-refractivity contribution in [2.75, 3.05) is 44.4 Å². The predicted molar refractivity (Wildman–Crippen MR) is 153 cm³/mol. The summed E-state index contributed by atoms with van der Waals surface area (Å²) in [6, 6.07) is 6.29. The molecule has 0 spiro atoms. The molecule has 4 N–H and O–H groups in total. The van der Waals surface area contributed by atoms with Gasteiger partial charge in [-0.15, -0.1) is 0 Å². The normalized spacial score (nSPS) is 16.8. The Balaban J connectivity index is 1.69. The first kappa shape index (κ1) is 33.6. The summed E-state index contributed by atoms with van der Waals surface area (Å²) in [4.78, 5) is 24.0. The van der Waals surface area contributed by atoms with E-state index in [-0.39, 0.29) is 28.6 Å². The number of fused-ring (bicyclic) bond motifs is 1. The van der Waals surface area contributed by atoms with Gasteiger partial charge in [0.05, 0.1) is 42.0 Å². The first-order valence-electron chi connectivity index (χ1n) is 13.2. The molecular weight excluding hydrogens is 635 g/mol. The molecule has 0 radical (unpaired) electrons. The number of thioether (sulfide) groups is 1. The molecule has 1 aliphatic rings. The van der Waals surface area contributed by atoms with Crippen LogP contribution in [0.5, 0.6) is 11.5 Å². The number of carbonyl (C=O) groups excluding carboxylic acids is 2. The van der Waals surface area contributed by atoms with Crippen molar-refractivity contribution in [2.45, 2.75) is 35.3 Å². The van der Waals surface area contributed by atoms with E-state index in [0.717, 1.165) is 6.07 Å². The highest BCUT2D eigenvalue weighted by Crippen LogP contribution is 2.41. The van der Waals surface area contributed by atoms with Crippen LogP contribution in [0, 0.1) is 11.8 Å². The SMILES string of the molecule is CNC(=O)c1ccc(OC)c(NCC#Cc2cc3c(N[C@@H]4CCNC[C@@H]4F)cccn3c2SC(F)(F)F)c1OC(=O)C(F)(F)F. The molecular formula is C28H26F7N5O4S. The summed E-state index contributed by atoms with van der Waals surface area (Å²) in [6.07, 6.45) is -4.75. The molecule has 1 aromatic carbocycles. The molecule has 3 aromatic rings. The van der Waals surface area contributed by atoms with Gasteiger partial charge in [0.25, 0.3) is 5.91 Å². The van der Waals surface area contributed by atoms with E-state index < -0.39 is 65.4 Å². The Morgan fingerprint density at radius 2 is 1.93 bits per heavy atom. The van der Waals surface area contributed by atoms with Crippen molar-refractivity contribution in [3.63, 3.8) is 0 Å². The third kappa shape index (κ3) is 8.05. The number of piperidine rings is 1. The van der Waals surface area contributed by atoms with Gasteiger partial charge in [-0.3, -0.25) is 4.79 Å². The minimum Gasteiger partial charge on any atom is -0.494 e. The van der Waals surface area contributed by atoms with Crippen LogP contribution in [0.3, 0.4) is 0 Å². The standard InChI is InChI=1S/C28H26F7N5O4S/c1-36-24(41)16-7-8-21(43-2)22(23(16)44-26(42)27(30,31)32)38-10-3-5-15-13-20-19(39-18-9-11-37-14-17(18)29)6-4-12-40(20)25(15)45-28(33,34)35/h4,6-8,12-13,17-18,37-39H,9-11,14H2,1-2H3,(H,36,41)/t17-,18+/m0/s1. The Bertz CT molecular complexity index is 1630. The van der Waals surface area contributed by atoms with Crippen LogP contribution >= 0.6 is 11.8 Å². The summed E-state index contributed by atoms with van der Waals surface area (Å²) in [7, 11) is 2.39. The van der Waals surface area contributed by atoms with Crippen LogP contribution < -0.4 is 30.7 Å². The smallest absolute Gasteiger partial charge is 0.491 e. The van der Waals surface area contributed by atoms with Crippen molar-refractivity contribution < 1.29 is 49.8 Å². The van der Waals surface area contributed by atoms with Gasteiger partial charge in [0.1, 0.15) is 22.6 Å². The highest BCUT2D eigenvalue weighted by Gasteiger charge is 2.42. The molecule has 1 amide bonds. The summed E-state index contributed by atoms with van der Waals surface area (Å²) < 4.78 is 105. The van der Waals surface area contributed by atoms with Crippen molar-refractivity contribution >= 4 is 40.5 Å². The zero-order valence-corrected chi connectivity index (χ0v) is 24.4. The van der Waals surface area contributed by atoms with Crippen LogP contribution in [0.25, 0.3) is 5.52 Å². The van der Waals surface area contributed by atoms with Crippen molar-refractivity contribution in [1.82, 2.24) is 15.0 Å². The number of amides is 1. The Morgan fingerprint density at radius 1 is 1.18 bits per heavy atom. The predicted octanol–water partition coefficient (Wildman–Crippen LogP) is 4.96. The Kier molecular flexibility index (Phi) is 10.3. The summed E-state index contributed by atoms with van der Waals surface area (Å²) >= 11 is -0.402. The second-order valence-corrected chi connectivity index (χ2v) is 10.5. The summed E-state index contributed by atoms with van der Waals surface area (Å²) in [6.45, 7) is 0.305. The number of halogens is 7. The zero-order valence-electron chi connectivity index (χ0n) is 23.6. The molecule has 0 aliphatic carbocycles. The first-order valence-corrected chi connectivity index (χ1v) is 14.0. The maximum absolute atomic E-state index is 14.5. The van der Waals surface area contributed by atoms with Crippen molar-refractivity contribution in [3.05, 3.63) is 47.7 Å². The largest absolute Gasteiger partial charge is 0.494 e. The number of pyridine rings is 1. The third-order valence-corrected chi connectivity index (χ3v) is 7.38. The maximum atomic E-state index is 14.5. The average molecular weight is 662 g/mol. The average Bonchev–Trinajstić information content (AvgIpc) is 3.32. The number of alkyl halides is 7. The second kappa shape index (κ2) is 13.8. The number of hydrogen-bond acceptors (Lipinski definition) is 8. The minimum atomic E-state index is -5.39. The molecule has 4 rings (SSSR count). The van der Waals surface area contributed by atoms with E-state index in [9.17, 15) is 40.3 Å². The Hall–Kier alpha value is -4.30. The minimum absolute atomic E-state index is 0.0368. The van der Waals surface area contributed by atoms with Crippen LogP contribution in [0.4, 0.5) is 42.1 Å². The third-order valence-electron chi connectivity index (χ3n) is 6.54. The zero-order chi connectivity index (χ0) is 32.9. The van der Waals surface area contributed by atoms with E-state index in [1.54, 1.807) is 6.07 Å². The molecule has 2 aromatic heterocycles. The lowest BCUT2D eigenvalue weighted by Crippen LogP contribution is -2.45. The van der Waals surface area contributed by atoms with E-state index in [1.165, 1.54) is 43.0 Å². The molecule has 17 heteroatoms. The van der Waals surface area contributed by atoms with Gasteiger partial charge < -0.3 is 35.1 Å². The second-order valence-electron chi connectivity index (χ2n) is 9.49. The first-order chi connectivity index (χ1) is 21.2. The van der Waals surface area contributed by atoms with Gasteiger partial charge in [-0.25, -0.2) is 9.18 Å². The molecule has 9 nitrogen and oxygen atoms in total. The number of ether oxygens (including phenoxy) is 2. The molecule has 1 fully saturated rings. The van der Waals surface area contributed by atoms with E-state index in [1.807, 2.05) is 0 Å². The lowest BCUT2D eigenvalue weighted by Gasteiger charge is -2.28. The number of methoxy groups -OCH3 is 1. The van der Waals surface area contributed by atoms with Gasteiger partial charge in [0, 0.05) is 31.6 Å². The Morgan fingerprint density at radius 3 is 2.58 bits per heavy atom. The number of anilines is 2. The van der Waals surface area contributed by atoms with Crippen LogP contribution in [-0.2, 0) is 4.79 Å². The van der Waals surface area contributed by atoms with Gasteiger partial charge in [0.2, 0.25) is 0 Å². The fraction of sp³-hybridized carbons (Fsp3) is 0.357. The fourth-order valence-corrected chi connectivity index (χ4v) is 5.22. The van der Waals surface area contributed by atoms with Crippen LogP contribution in [-0.4, -0.2) is 74.0 Å². The molecule has 3 heterocycles. The highest BCUT2D eigenvalue weighted by atomic mass is 32.2. The quantitative estimate of drug-likeness (QED) is 0.0884. The number of aromatic nitrogens is 1. The van der Waals surface area contributed by atoms with Crippen molar-refractivity contribution in [2.24, 2.45) is 0 Å². The highest BCUT2D eigenvalue weighted by molar-refractivity contribution is 8.00. The number of nitrogens with zero attached hydrogens (tertiary/aromatic N) is 1. The number of nitrogens with one attached hydrogen (secondary N) is 4. The molecule has 0 bridgehead atoms. The van der Waals surface area contributed by atoms with Crippen molar-refractivity contribution in [1.29, 1.82) is 0 Å². The fourth-order valence-electron chi connectivity index (χ4n) is 4.53. The number of benzene rings is 1. The van der Waals surface area contributed by atoms with E-state index in [0.29, 0.717) is 24.2 Å². The van der Waals surface area contributed by atoms with E-state index >= 15 is 0 Å². The van der Waals surface area contributed by atoms with Gasteiger partial charge in [-0.2, -0.15) is 26.3 Å². The lowest BCUT2D eigenvalue weighted by atomic mass is 10.0. The van der Waals surface area contributed by atoms with Gasteiger partial charge >= 0.3 is 17.7 Å². The van der Waals surface area contributed by atoms with E-state index in [2.05, 4.69) is 37.8 Å². The topological polar surface area (TPSA) is 105 Å². The molecule has 1 saturated heterocycles. The summed E-state index contributed by atoms with van der Waals surface area (Å²) in [5.41, 5.74) is -4.77. The molecule has 0 saturated carbocycles. The van der Waals surface area contributed by atoms with Gasteiger partial charge in [0.15, 0.2) is 5.75 Å². The number of rotatable bonds is 8. The molecule has 45 heavy (non-hydrogen) atoms. The summed E-state index contributed by atoms with van der Waals surface area (Å²) in [5, 5.41) is 10.6. The van der Waals surface area contributed by atoms with E-state index in [4.69, 9.17) is 4.74 Å². The van der Waals surface area contributed by atoms with Crippen LogP contribution in [0.2, 0.25) is 0 Å². The Labute approximate surface area is 256 Å². The molecule has 1 aliphatic heterocycles. The number of carbonyl (C=O) groups is 2. The van der Waals surface area contributed by atoms with Crippen LogP contribution in [0.15, 0.2) is 41.6 Å². The van der Waals surface area contributed by atoms with Crippen LogP contribution in [0.1, 0.15) is 22.3 Å². The molecule has 242 valence electrons. The number of hydrogen-bond donors (Lipinski definition) is 4. The van der Waals surface area contributed by atoms with Gasteiger partial charge in [-0.05, 0) is 43.3 Å². The van der Waals surface area contributed by atoms with Gasteiger partial charge in [-0.1, -0.05) is 11.8 Å². The van der Waals surface area contributed by atoms with Crippen molar-refractivity contribution in [3.8, 4) is 23.3 Å². The molecule has 2 atom stereocenters. The maximum Gasteiger partial charge on any atom is 0.491 e. The monoisotopic (exact) mass is 661 g/mol.